The molecule has 382 valence electrons. The van der Waals surface area contributed by atoms with Crippen LogP contribution in [-0.4, -0.2) is 11.6 Å². The summed E-state index contributed by atoms with van der Waals surface area (Å²) in [6.07, 6.45) is 0. The minimum atomic E-state index is -0.866. The summed E-state index contributed by atoms with van der Waals surface area (Å²) in [5, 5.41) is 0. The summed E-state index contributed by atoms with van der Waals surface area (Å²) < 4.78 is 0. The Hall–Kier alpha value is -9.64. The summed E-state index contributed by atoms with van der Waals surface area (Å²) in [7, 11) is 0. The highest BCUT2D eigenvalue weighted by Gasteiger charge is 2.52. The van der Waals surface area contributed by atoms with Crippen LogP contribution in [0.3, 0.4) is 0 Å². The van der Waals surface area contributed by atoms with E-state index in [1.165, 1.54) is 0 Å². The highest BCUT2D eigenvalue weighted by Crippen LogP contribution is 2.64. The molecule has 0 atom stereocenters. The summed E-state index contributed by atoms with van der Waals surface area (Å²) in [6.45, 7) is 8.93. The van der Waals surface area contributed by atoms with Gasteiger partial charge in [0, 0.05) is 44.5 Å². The van der Waals surface area contributed by atoms with Crippen molar-refractivity contribution in [2.24, 2.45) is 0 Å². The van der Waals surface area contributed by atoms with Crippen molar-refractivity contribution in [3.05, 3.63) is 356 Å². The first-order valence-electron chi connectivity index (χ1n) is 27.8. The van der Waals surface area contributed by atoms with Crippen molar-refractivity contribution in [1.29, 1.82) is 0 Å². The zero-order valence-corrected chi connectivity index (χ0v) is 45.1. The highest BCUT2D eigenvalue weighted by molar-refractivity contribution is 6.15. The molecule has 4 heteroatoms. The lowest BCUT2D eigenvalue weighted by atomic mass is 9.59. The Bertz CT molecular complexity index is 3990. The second kappa shape index (κ2) is 17.4. The molecule has 0 saturated heterocycles. The van der Waals surface area contributed by atoms with Crippen LogP contribution in [0.1, 0.15) is 126 Å². The maximum atomic E-state index is 15.0. The van der Waals surface area contributed by atoms with Crippen LogP contribution in [0.25, 0.3) is 0 Å². The number of ketones is 2. The van der Waals surface area contributed by atoms with Crippen molar-refractivity contribution in [1.82, 2.24) is 0 Å². The summed E-state index contributed by atoms with van der Waals surface area (Å²) >= 11 is 0. The molecule has 0 saturated carbocycles. The van der Waals surface area contributed by atoms with Gasteiger partial charge in [-0.05, 0) is 115 Å². The summed E-state index contributed by atoms with van der Waals surface area (Å²) in [5.41, 5.74) is 19.1. The standard InChI is InChI=1S/C76H56N2O2/c1-73(2)59-35-19-17-33-55(59)71(79)57-45-53(41-43-61(57)73)77-67-39-23-21-37-63(67)75(49-25-9-5-10-26-49,50-27-11-6-12-28-50)65-48-70-66(47-69(65)77)76(51-29-13-7-14-30-51,52-31-15-8-16-32-52)64-38-22-24-40-68(64)78(70)54-42-44-62-58(46-54)72(80)56-34-18-20-36-60(56)74(62,3)4/h5-48H,1-4H3. The van der Waals surface area contributed by atoms with Gasteiger partial charge in [-0.25, -0.2) is 0 Å². The molecule has 0 bridgehead atoms. The van der Waals surface area contributed by atoms with Gasteiger partial charge in [0.05, 0.1) is 33.6 Å². The monoisotopic (exact) mass is 1030 g/mol. The fraction of sp³-hybridized carbons (Fsp3) is 0.105. The molecule has 0 unspecified atom stereocenters. The molecule has 15 rings (SSSR count). The second-order valence-electron chi connectivity index (χ2n) is 23.0. The SMILES string of the molecule is CC1(C)c2ccccc2C(=O)c2cc(N3c4ccccc4C(c4ccccc4)(c4ccccc4)c4cc5c(cc43)C(c3ccccc3)(c3ccccc3)c3ccccc3N5c3ccc4c(c3)C(=O)c3ccccc3C4(C)C)ccc21. The molecule has 0 N–H and O–H groups in total. The van der Waals surface area contributed by atoms with Gasteiger partial charge in [-0.3, -0.25) is 9.59 Å². The normalized spacial score (nSPS) is 16.1. The number of hydrogen-bond acceptors (Lipinski definition) is 4. The molecule has 2 heterocycles. The van der Waals surface area contributed by atoms with E-state index in [4.69, 9.17) is 0 Å². The molecule has 11 aromatic carbocycles. The Morgan fingerprint density at radius 2 is 0.537 bits per heavy atom. The number of anilines is 6. The highest BCUT2D eigenvalue weighted by atomic mass is 16.1. The summed E-state index contributed by atoms with van der Waals surface area (Å²) in [4.78, 5) is 34.9. The van der Waals surface area contributed by atoms with Gasteiger partial charge in [0.2, 0.25) is 0 Å². The number of nitrogens with zero attached hydrogens (tertiary/aromatic N) is 2. The van der Waals surface area contributed by atoms with Crippen LogP contribution in [-0.2, 0) is 21.7 Å². The number of carbonyl (C=O) groups excluding carboxylic acids is 2. The average molecular weight is 1030 g/mol. The molecule has 2 aliphatic heterocycles. The average Bonchev–Trinajstić information content (AvgIpc) is 3.53. The number of hydrogen-bond donors (Lipinski definition) is 0. The van der Waals surface area contributed by atoms with Gasteiger partial charge in [-0.1, -0.05) is 246 Å². The van der Waals surface area contributed by atoms with Gasteiger partial charge >= 0.3 is 0 Å². The van der Waals surface area contributed by atoms with Crippen molar-refractivity contribution >= 4 is 45.7 Å². The molecule has 4 nitrogen and oxygen atoms in total. The number of carbonyl (C=O) groups is 2. The molecule has 0 fully saturated rings. The molecule has 0 amide bonds. The quantitative estimate of drug-likeness (QED) is 0.166. The fourth-order valence-electron chi connectivity index (χ4n) is 14.8. The molecule has 11 aromatic rings. The van der Waals surface area contributed by atoms with Crippen molar-refractivity contribution in [3.63, 3.8) is 0 Å². The van der Waals surface area contributed by atoms with Crippen LogP contribution in [0.2, 0.25) is 0 Å². The molecule has 2 aliphatic carbocycles. The predicted molar refractivity (Wildman–Crippen MR) is 324 cm³/mol. The lowest BCUT2D eigenvalue weighted by Gasteiger charge is -2.51. The number of fused-ring (bicyclic) bond motifs is 8. The minimum Gasteiger partial charge on any atom is -0.310 e. The van der Waals surface area contributed by atoms with Crippen molar-refractivity contribution in [2.75, 3.05) is 9.80 Å². The van der Waals surface area contributed by atoms with Crippen LogP contribution < -0.4 is 9.80 Å². The Balaban J connectivity index is 1.10. The van der Waals surface area contributed by atoms with Gasteiger partial charge < -0.3 is 9.80 Å². The van der Waals surface area contributed by atoms with Gasteiger partial charge in [0.25, 0.3) is 0 Å². The first-order chi connectivity index (χ1) is 39.0. The van der Waals surface area contributed by atoms with E-state index >= 15 is 9.59 Å². The van der Waals surface area contributed by atoms with E-state index in [0.717, 1.165) is 112 Å². The molecule has 80 heavy (non-hydrogen) atoms. The largest absolute Gasteiger partial charge is 0.310 e. The zero-order chi connectivity index (χ0) is 54.1. The van der Waals surface area contributed by atoms with Crippen LogP contribution in [0.4, 0.5) is 34.1 Å². The number of para-hydroxylation sites is 2. The van der Waals surface area contributed by atoms with Gasteiger partial charge in [0.15, 0.2) is 11.6 Å². The third-order valence-corrected chi connectivity index (χ3v) is 18.4. The molecular weight excluding hydrogens is 973 g/mol. The second-order valence-corrected chi connectivity index (χ2v) is 23.0. The first-order valence-corrected chi connectivity index (χ1v) is 27.8. The van der Waals surface area contributed by atoms with E-state index < -0.39 is 21.7 Å². The Kier molecular flexibility index (Phi) is 10.4. The first kappa shape index (κ1) is 47.6. The Morgan fingerprint density at radius 3 is 0.887 bits per heavy atom. The van der Waals surface area contributed by atoms with E-state index in [9.17, 15) is 0 Å². The van der Waals surface area contributed by atoms with Gasteiger partial charge in [-0.2, -0.15) is 0 Å². The maximum Gasteiger partial charge on any atom is 0.193 e. The minimum absolute atomic E-state index is 0.0329. The fourth-order valence-corrected chi connectivity index (χ4v) is 14.8. The smallest absolute Gasteiger partial charge is 0.193 e. The van der Waals surface area contributed by atoms with Crippen LogP contribution in [0.5, 0.6) is 0 Å². The number of rotatable bonds is 6. The number of benzene rings is 11. The van der Waals surface area contributed by atoms with E-state index in [1.807, 2.05) is 36.4 Å². The van der Waals surface area contributed by atoms with Crippen molar-refractivity contribution < 1.29 is 9.59 Å². The van der Waals surface area contributed by atoms with Crippen LogP contribution >= 0.6 is 0 Å². The molecule has 4 aliphatic rings. The molecule has 0 aromatic heterocycles. The molecular formula is C76H56N2O2. The Labute approximate surface area is 467 Å². The van der Waals surface area contributed by atoms with Gasteiger partial charge in [-0.15, -0.1) is 0 Å². The molecule has 0 radical (unpaired) electrons. The third-order valence-electron chi connectivity index (χ3n) is 18.4. The topological polar surface area (TPSA) is 40.6 Å². The van der Waals surface area contributed by atoms with E-state index in [0.29, 0.717) is 11.1 Å². The molecule has 0 spiro atoms. The summed E-state index contributed by atoms with van der Waals surface area (Å²) in [5.74, 6) is 0.0657. The van der Waals surface area contributed by atoms with E-state index in [2.05, 4.69) is 268 Å². The summed E-state index contributed by atoms with van der Waals surface area (Å²) in [6, 6.07) is 95.9. The lowest BCUT2D eigenvalue weighted by molar-refractivity contribution is 0.102. The van der Waals surface area contributed by atoms with Gasteiger partial charge in [0.1, 0.15) is 0 Å². The van der Waals surface area contributed by atoms with Crippen molar-refractivity contribution in [3.8, 4) is 0 Å². The van der Waals surface area contributed by atoms with E-state index in [-0.39, 0.29) is 11.6 Å². The van der Waals surface area contributed by atoms with Crippen LogP contribution in [0, 0.1) is 0 Å². The van der Waals surface area contributed by atoms with Crippen LogP contribution in [0.15, 0.2) is 267 Å². The lowest BCUT2D eigenvalue weighted by Crippen LogP contribution is -2.41. The third kappa shape index (κ3) is 6.39. The maximum absolute atomic E-state index is 15.0. The van der Waals surface area contributed by atoms with Crippen molar-refractivity contribution in [2.45, 2.75) is 49.4 Å². The van der Waals surface area contributed by atoms with E-state index in [1.54, 1.807) is 0 Å². The predicted octanol–water partition coefficient (Wildman–Crippen LogP) is 17.8. The zero-order valence-electron chi connectivity index (χ0n) is 45.1. The Morgan fingerprint density at radius 1 is 0.250 bits per heavy atom.